The molecule has 1 aromatic rings. The van der Waals surface area contributed by atoms with Crippen LogP contribution in [-0.4, -0.2) is 18.7 Å². The van der Waals surface area contributed by atoms with Gasteiger partial charge in [0, 0.05) is 24.8 Å². The first kappa shape index (κ1) is 9.53. The molecule has 1 atom stereocenters. The van der Waals surface area contributed by atoms with E-state index >= 15 is 0 Å². The van der Waals surface area contributed by atoms with Crippen LogP contribution in [0.1, 0.15) is 30.6 Å². The van der Waals surface area contributed by atoms with Crippen molar-refractivity contribution in [2.24, 2.45) is 0 Å². The summed E-state index contributed by atoms with van der Waals surface area (Å²) in [6.45, 7) is 2.93. The fraction of sp³-hybridized carbons (Fsp3) is 0.500. The van der Waals surface area contributed by atoms with Gasteiger partial charge in [0.1, 0.15) is 0 Å². The van der Waals surface area contributed by atoms with E-state index in [2.05, 4.69) is 18.0 Å². The Balaban J connectivity index is 2.52. The number of rotatable bonds is 1. The molecule has 14 heavy (non-hydrogen) atoms. The maximum atomic E-state index is 9.67. The normalized spacial score (nSPS) is 17.8. The minimum Gasteiger partial charge on any atom is -0.389 e. The summed E-state index contributed by atoms with van der Waals surface area (Å²) in [5, 5.41) is 9.67. The molecule has 0 radical (unpaired) electrons. The quantitative estimate of drug-likeness (QED) is 0.735. The Morgan fingerprint density at radius 1 is 1.43 bits per heavy atom. The molecule has 0 aromatic heterocycles. The maximum absolute atomic E-state index is 9.67. The van der Waals surface area contributed by atoms with Gasteiger partial charge in [-0.25, -0.2) is 0 Å². The zero-order valence-electron chi connectivity index (χ0n) is 8.83. The molecule has 1 N–H and O–H groups in total. The molecule has 1 heterocycles. The van der Waals surface area contributed by atoms with Crippen molar-refractivity contribution in [3.8, 4) is 0 Å². The summed E-state index contributed by atoms with van der Waals surface area (Å²) in [6, 6.07) is 6.22. The van der Waals surface area contributed by atoms with Crippen LogP contribution >= 0.6 is 0 Å². The molecular weight excluding hydrogens is 174 g/mol. The second-order valence-corrected chi connectivity index (χ2v) is 4.06. The number of aliphatic hydroxyl groups excluding tert-OH is 1. The van der Waals surface area contributed by atoms with E-state index in [1.165, 1.54) is 17.7 Å². The molecule has 0 spiro atoms. The van der Waals surface area contributed by atoms with Crippen molar-refractivity contribution in [2.45, 2.75) is 25.9 Å². The number of benzene rings is 1. The summed E-state index contributed by atoms with van der Waals surface area (Å²) in [5.74, 6) is 0. The van der Waals surface area contributed by atoms with Crippen LogP contribution in [0.2, 0.25) is 0 Å². The van der Waals surface area contributed by atoms with E-state index in [1.807, 2.05) is 19.1 Å². The highest BCUT2D eigenvalue weighted by molar-refractivity contribution is 5.61. The third-order valence-corrected chi connectivity index (χ3v) is 2.92. The van der Waals surface area contributed by atoms with Crippen LogP contribution in [0.5, 0.6) is 0 Å². The van der Waals surface area contributed by atoms with Crippen molar-refractivity contribution in [3.63, 3.8) is 0 Å². The van der Waals surface area contributed by atoms with E-state index in [0.29, 0.717) is 0 Å². The molecule has 1 aliphatic rings. The number of hydrogen-bond acceptors (Lipinski definition) is 2. The lowest BCUT2D eigenvalue weighted by atomic mass is 9.96. The molecule has 0 bridgehead atoms. The van der Waals surface area contributed by atoms with Crippen molar-refractivity contribution < 1.29 is 5.11 Å². The number of para-hydroxylation sites is 1. The summed E-state index contributed by atoms with van der Waals surface area (Å²) in [5.41, 5.74) is 3.68. The molecule has 2 heteroatoms. The number of hydrogen-bond donors (Lipinski definition) is 1. The van der Waals surface area contributed by atoms with E-state index < -0.39 is 0 Å². The van der Waals surface area contributed by atoms with Gasteiger partial charge in [0.25, 0.3) is 0 Å². The predicted molar refractivity (Wildman–Crippen MR) is 58.7 cm³/mol. The lowest BCUT2D eigenvalue weighted by Gasteiger charge is -2.30. The Labute approximate surface area is 85.2 Å². The molecule has 2 nitrogen and oxygen atoms in total. The predicted octanol–water partition coefficient (Wildman–Crippen LogP) is 2.12. The Hall–Kier alpha value is -1.02. The van der Waals surface area contributed by atoms with Crippen LogP contribution in [0.3, 0.4) is 0 Å². The van der Waals surface area contributed by atoms with E-state index in [0.717, 1.165) is 18.5 Å². The van der Waals surface area contributed by atoms with Gasteiger partial charge in [0.05, 0.1) is 6.10 Å². The molecule has 0 amide bonds. The maximum Gasteiger partial charge on any atom is 0.0782 e. The summed E-state index contributed by atoms with van der Waals surface area (Å²) >= 11 is 0. The molecule has 0 fully saturated rings. The number of fused-ring (bicyclic) bond motifs is 1. The molecule has 2 rings (SSSR count). The summed E-state index contributed by atoms with van der Waals surface area (Å²) in [7, 11) is 2.10. The standard InChI is InChI=1S/C12H17NO/c1-9(14)11-7-3-5-10-6-4-8-13(2)12(10)11/h3,5,7,9,14H,4,6,8H2,1-2H3. The largest absolute Gasteiger partial charge is 0.389 e. The van der Waals surface area contributed by atoms with Gasteiger partial charge in [0.2, 0.25) is 0 Å². The first-order valence-electron chi connectivity index (χ1n) is 5.21. The third kappa shape index (κ3) is 1.50. The number of nitrogens with zero attached hydrogens (tertiary/aromatic N) is 1. The fourth-order valence-electron chi connectivity index (χ4n) is 2.23. The zero-order chi connectivity index (χ0) is 10.1. The average molecular weight is 191 g/mol. The Morgan fingerprint density at radius 3 is 2.93 bits per heavy atom. The minimum atomic E-state index is -0.370. The SMILES string of the molecule is CC(O)c1cccc2c1N(C)CCC2. The Bertz CT molecular complexity index is 333. The van der Waals surface area contributed by atoms with Crippen LogP contribution in [0.4, 0.5) is 5.69 Å². The molecule has 1 unspecified atom stereocenters. The number of aryl methyl sites for hydroxylation is 1. The zero-order valence-corrected chi connectivity index (χ0v) is 8.83. The van der Waals surface area contributed by atoms with Gasteiger partial charge < -0.3 is 10.0 Å². The molecule has 0 saturated carbocycles. The number of aliphatic hydroxyl groups is 1. The van der Waals surface area contributed by atoms with E-state index in [1.54, 1.807) is 0 Å². The van der Waals surface area contributed by atoms with Crippen LogP contribution in [0.25, 0.3) is 0 Å². The summed E-state index contributed by atoms with van der Waals surface area (Å²) in [6.07, 6.45) is 1.98. The molecule has 0 aliphatic carbocycles. The Morgan fingerprint density at radius 2 is 2.21 bits per heavy atom. The van der Waals surface area contributed by atoms with E-state index in [4.69, 9.17) is 0 Å². The lowest BCUT2D eigenvalue weighted by Crippen LogP contribution is -2.26. The van der Waals surface area contributed by atoms with E-state index in [-0.39, 0.29) is 6.10 Å². The average Bonchev–Trinajstić information content (AvgIpc) is 2.17. The fourth-order valence-corrected chi connectivity index (χ4v) is 2.23. The van der Waals surface area contributed by atoms with Crippen molar-refractivity contribution >= 4 is 5.69 Å². The molecule has 1 aromatic carbocycles. The molecule has 76 valence electrons. The van der Waals surface area contributed by atoms with Crippen molar-refractivity contribution in [1.82, 2.24) is 0 Å². The van der Waals surface area contributed by atoms with Gasteiger partial charge in [-0.15, -0.1) is 0 Å². The van der Waals surface area contributed by atoms with Gasteiger partial charge in [-0.05, 0) is 25.3 Å². The van der Waals surface area contributed by atoms with Gasteiger partial charge in [-0.3, -0.25) is 0 Å². The van der Waals surface area contributed by atoms with E-state index in [9.17, 15) is 5.11 Å². The van der Waals surface area contributed by atoms with Gasteiger partial charge in [0.15, 0.2) is 0 Å². The second kappa shape index (κ2) is 3.62. The highest BCUT2D eigenvalue weighted by atomic mass is 16.3. The van der Waals surface area contributed by atoms with Crippen LogP contribution in [0.15, 0.2) is 18.2 Å². The Kier molecular flexibility index (Phi) is 2.46. The van der Waals surface area contributed by atoms with Crippen molar-refractivity contribution in [1.29, 1.82) is 0 Å². The summed E-state index contributed by atoms with van der Waals surface area (Å²) < 4.78 is 0. The third-order valence-electron chi connectivity index (χ3n) is 2.92. The van der Waals surface area contributed by atoms with Gasteiger partial charge in [-0.2, -0.15) is 0 Å². The highest BCUT2D eigenvalue weighted by Gasteiger charge is 2.18. The topological polar surface area (TPSA) is 23.5 Å². The van der Waals surface area contributed by atoms with Crippen LogP contribution in [0, 0.1) is 0 Å². The monoisotopic (exact) mass is 191 g/mol. The van der Waals surface area contributed by atoms with Gasteiger partial charge in [-0.1, -0.05) is 18.2 Å². The molecule has 0 saturated heterocycles. The van der Waals surface area contributed by atoms with Crippen molar-refractivity contribution in [2.75, 3.05) is 18.5 Å². The van der Waals surface area contributed by atoms with Crippen LogP contribution in [-0.2, 0) is 6.42 Å². The summed E-state index contributed by atoms with van der Waals surface area (Å²) in [4.78, 5) is 2.25. The lowest BCUT2D eigenvalue weighted by molar-refractivity contribution is 0.199. The highest BCUT2D eigenvalue weighted by Crippen LogP contribution is 2.33. The van der Waals surface area contributed by atoms with Crippen LogP contribution < -0.4 is 4.90 Å². The van der Waals surface area contributed by atoms with Gasteiger partial charge >= 0.3 is 0 Å². The molecular formula is C12H17NO. The first-order chi connectivity index (χ1) is 6.70. The second-order valence-electron chi connectivity index (χ2n) is 4.06. The number of anilines is 1. The first-order valence-corrected chi connectivity index (χ1v) is 5.21. The smallest absolute Gasteiger partial charge is 0.0782 e. The van der Waals surface area contributed by atoms with Crippen molar-refractivity contribution in [3.05, 3.63) is 29.3 Å². The minimum absolute atomic E-state index is 0.370. The molecule has 1 aliphatic heterocycles.